The molecule has 1 aliphatic heterocycles. The van der Waals surface area contributed by atoms with Gasteiger partial charge in [0.25, 0.3) is 0 Å². The van der Waals surface area contributed by atoms with Gasteiger partial charge in [0.2, 0.25) is 5.89 Å². The van der Waals surface area contributed by atoms with E-state index in [9.17, 15) is 0 Å². The Bertz CT molecular complexity index is 228. The van der Waals surface area contributed by atoms with Crippen molar-refractivity contribution in [2.24, 2.45) is 0 Å². The fourth-order valence-electron chi connectivity index (χ4n) is 0.845. The van der Waals surface area contributed by atoms with E-state index in [1.165, 1.54) is 0 Å². The predicted molar refractivity (Wildman–Crippen MR) is 33.8 cm³/mol. The highest BCUT2D eigenvalue weighted by Crippen LogP contribution is 2.23. The van der Waals surface area contributed by atoms with Gasteiger partial charge in [-0.15, -0.1) is 0 Å². The van der Waals surface area contributed by atoms with Gasteiger partial charge in [-0.1, -0.05) is 0 Å². The van der Waals surface area contributed by atoms with E-state index in [0.717, 1.165) is 0 Å². The predicted octanol–water partition coefficient (Wildman–Crippen LogP) is 1.46. The molecule has 1 unspecified atom stereocenters. The molecule has 2 rings (SSSR count). The lowest BCUT2D eigenvalue weighted by Gasteiger charge is -1.96. The van der Waals surface area contributed by atoms with Crippen LogP contribution in [0.25, 0.3) is 0 Å². The maximum atomic E-state index is 5.04. The first kappa shape index (κ1) is 5.53. The van der Waals surface area contributed by atoms with Gasteiger partial charge in [0.1, 0.15) is 6.26 Å². The molecular formula is C7H6NO2. The third-order valence-corrected chi connectivity index (χ3v) is 1.33. The largest absolute Gasteiger partial charge is 0.493 e. The molecule has 10 heavy (non-hydrogen) atoms. The van der Waals surface area contributed by atoms with E-state index in [4.69, 9.17) is 9.15 Å². The Labute approximate surface area is 58.3 Å². The van der Waals surface area contributed by atoms with Crippen LogP contribution in [0.5, 0.6) is 0 Å². The first-order valence-electron chi connectivity index (χ1n) is 3.02. The second kappa shape index (κ2) is 2.17. The molecule has 3 heteroatoms. The maximum absolute atomic E-state index is 5.04. The van der Waals surface area contributed by atoms with Crippen molar-refractivity contribution in [2.75, 3.05) is 0 Å². The van der Waals surface area contributed by atoms with Crippen LogP contribution in [0.1, 0.15) is 11.8 Å². The molecule has 51 valence electrons. The Kier molecular flexibility index (Phi) is 1.20. The summed E-state index contributed by atoms with van der Waals surface area (Å²) in [6.45, 7) is 1.67. The topological polar surface area (TPSA) is 35.3 Å². The molecule has 1 atom stereocenters. The molecule has 0 aliphatic carbocycles. The molecule has 0 amide bonds. The normalized spacial score (nSPS) is 23.0. The highest BCUT2D eigenvalue weighted by Gasteiger charge is 2.17. The molecule has 1 radical (unpaired) electrons. The number of aromatic nitrogens is 1. The summed E-state index contributed by atoms with van der Waals surface area (Å²) >= 11 is 0. The Balaban J connectivity index is 2.20. The Morgan fingerprint density at radius 3 is 3.10 bits per heavy atom. The van der Waals surface area contributed by atoms with Crippen molar-refractivity contribution < 1.29 is 9.15 Å². The van der Waals surface area contributed by atoms with E-state index in [1.807, 2.05) is 6.08 Å². The smallest absolute Gasteiger partial charge is 0.204 e. The van der Waals surface area contributed by atoms with Gasteiger partial charge < -0.3 is 9.15 Å². The first-order chi connectivity index (χ1) is 4.97. The van der Waals surface area contributed by atoms with Gasteiger partial charge in [0.15, 0.2) is 6.61 Å². The third kappa shape index (κ3) is 0.795. The first-order valence-corrected chi connectivity index (χ1v) is 3.02. The maximum Gasteiger partial charge on any atom is 0.204 e. The van der Waals surface area contributed by atoms with Crippen LogP contribution in [-0.4, -0.2) is 4.98 Å². The molecule has 2 heterocycles. The summed E-state index contributed by atoms with van der Waals surface area (Å²) < 4.78 is 9.92. The van der Waals surface area contributed by atoms with Crippen molar-refractivity contribution in [2.45, 2.75) is 5.92 Å². The number of nitrogens with zero attached hydrogens (tertiary/aromatic N) is 1. The van der Waals surface area contributed by atoms with Crippen LogP contribution in [0, 0.1) is 6.61 Å². The third-order valence-electron chi connectivity index (χ3n) is 1.33. The Hall–Kier alpha value is -1.25. The molecule has 0 fully saturated rings. The summed E-state index contributed by atoms with van der Waals surface area (Å²) in [5.41, 5.74) is 0. The molecule has 0 N–H and O–H groups in total. The SMILES string of the molecule is [CH]1OC=CC1c1ncco1. The second-order valence-electron chi connectivity index (χ2n) is 2.00. The molecule has 0 saturated heterocycles. The van der Waals surface area contributed by atoms with Crippen LogP contribution in [0.4, 0.5) is 0 Å². The molecule has 1 aromatic heterocycles. The summed E-state index contributed by atoms with van der Waals surface area (Å²) in [7, 11) is 0. The zero-order chi connectivity index (χ0) is 6.81. The highest BCUT2D eigenvalue weighted by molar-refractivity contribution is 5.11. The van der Waals surface area contributed by atoms with Crippen LogP contribution in [0.2, 0.25) is 0 Å². The fourth-order valence-corrected chi connectivity index (χ4v) is 0.845. The standard InChI is InChI=1S/C7H6NO2/c1-3-9-5-6(1)7-8-2-4-10-7/h1-6H. The van der Waals surface area contributed by atoms with E-state index in [2.05, 4.69) is 4.98 Å². The molecule has 1 aromatic rings. The lowest BCUT2D eigenvalue weighted by Crippen LogP contribution is -1.91. The van der Waals surface area contributed by atoms with Crippen LogP contribution >= 0.6 is 0 Å². The van der Waals surface area contributed by atoms with Crippen molar-refractivity contribution >= 4 is 0 Å². The van der Waals surface area contributed by atoms with Crippen molar-refractivity contribution in [1.82, 2.24) is 4.98 Å². The van der Waals surface area contributed by atoms with Gasteiger partial charge in [0, 0.05) is 0 Å². The molecular weight excluding hydrogens is 130 g/mol. The average Bonchev–Trinajstić information content (AvgIpc) is 2.59. The molecule has 0 spiro atoms. The number of hydrogen-bond donors (Lipinski definition) is 0. The van der Waals surface area contributed by atoms with Gasteiger partial charge in [-0.3, -0.25) is 0 Å². The van der Waals surface area contributed by atoms with Gasteiger partial charge in [-0.25, -0.2) is 4.98 Å². The molecule has 0 saturated carbocycles. The van der Waals surface area contributed by atoms with Crippen molar-refractivity contribution in [3.05, 3.63) is 37.3 Å². The average molecular weight is 136 g/mol. The molecule has 3 nitrogen and oxygen atoms in total. The van der Waals surface area contributed by atoms with Crippen molar-refractivity contribution in [3.63, 3.8) is 0 Å². The fraction of sp³-hybridized carbons (Fsp3) is 0.143. The quantitative estimate of drug-likeness (QED) is 0.586. The minimum absolute atomic E-state index is 0.0926. The summed E-state index contributed by atoms with van der Waals surface area (Å²) in [5, 5.41) is 0. The minimum Gasteiger partial charge on any atom is -0.493 e. The van der Waals surface area contributed by atoms with Crippen molar-refractivity contribution in [1.29, 1.82) is 0 Å². The van der Waals surface area contributed by atoms with Gasteiger partial charge in [0.05, 0.1) is 18.4 Å². The van der Waals surface area contributed by atoms with Gasteiger partial charge in [-0.05, 0) is 6.08 Å². The van der Waals surface area contributed by atoms with E-state index < -0.39 is 0 Å². The number of oxazole rings is 1. The van der Waals surface area contributed by atoms with E-state index in [0.29, 0.717) is 5.89 Å². The van der Waals surface area contributed by atoms with Crippen LogP contribution in [0.3, 0.4) is 0 Å². The summed E-state index contributed by atoms with van der Waals surface area (Å²) in [4.78, 5) is 3.97. The second-order valence-corrected chi connectivity index (χ2v) is 2.00. The zero-order valence-corrected chi connectivity index (χ0v) is 5.23. The zero-order valence-electron chi connectivity index (χ0n) is 5.23. The highest BCUT2D eigenvalue weighted by atomic mass is 16.5. The van der Waals surface area contributed by atoms with Crippen LogP contribution in [-0.2, 0) is 4.74 Å². The lowest BCUT2D eigenvalue weighted by molar-refractivity contribution is 0.333. The summed E-state index contributed by atoms with van der Waals surface area (Å²) in [6, 6.07) is 0. The number of hydrogen-bond acceptors (Lipinski definition) is 3. The van der Waals surface area contributed by atoms with Crippen LogP contribution < -0.4 is 0 Å². The van der Waals surface area contributed by atoms with Gasteiger partial charge >= 0.3 is 0 Å². The Morgan fingerprint density at radius 2 is 2.50 bits per heavy atom. The van der Waals surface area contributed by atoms with E-state index in [1.54, 1.807) is 25.3 Å². The summed E-state index contributed by atoms with van der Waals surface area (Å²) in [6.07, 6.45) is 6.67. The van der Waals surface area contributed by atoms with E-state index in [-0.39, 0.29) is 5.92 Å². The number of ether oxygens (including phenoxy) is 1. The monoisotopic (exact) mass is 136 g/mol. The molecule has 1 aliphatic rings. The van der Waals surface area contributed by atoms with Gasteiger partial charge in [-0.2, -0.15) is 0 Å². The van der Waals surface area contributed by atoms with Crippen molar-refractivity contribution in [3.8, 4) is 0 Å². The molecule has 0 bridgehead atoms. The number of rotatable bonds is 1. The van der Waals surface area contributed by atoms with E-state index >= 15 is 0 Å². The minimum atomic E-state index is 0.0926. The van der Waals surface area contributed by atoms with Crippen LogP contribution in [0.15, 0.2) is 29.2 Å². The Morgan fingerprint density at radius 1 is 1.50 bits per heavy atom. The lowest BCUT2D eigenvalue weighted by atomic mass is 10.2. The molecule has 0 aromatic carbocycles. The summed E-state index contributed by atoms with van der Waals surface area (Å²) in [5.74, 6) is 0.767.